The maximum absolute atomic E-state index is 10.6. The second-order valence-corrected chi connectivity index (χ2v) is 6.58. The molecule has 18 heavy (non-hydrogen) atoms. The molecule has 0 aliphatic rings. The van der Waals surface area contributed by atoms with Crippen LogP contribution < -0.4 is 5.32 Å². The molecule has 0 spiro atoms. The van der Waals surface area contributed by atoms with E-state index in [9.17, 15) is 10.1 Å². The van der Waals surface area contributed by atoms with Gasteiger partial charge in [0, 0.05) is 42.7 Å². The van der Waals surface area contributed by atoms with Crippen molar-refractivity contribution in [3.63, 3.8) is 0 Å². The molecular weight excluding hydrogens is 431 g/mol. The number of non-ortho nitro benzene ring substituents is 1. The molecule has 0 aliphatic heterocycles. The fourth-order valence-corrected chi connectivity index (χ4v) is 3.47. The molecule has 1 heterocycles. The summed E-state index contributed by atoms with van der Waals surface area (Å²) in [6.07, 6.45) is 0. The molecule has 0 saturated carbocycles. The quantitative estimate of drug-likeness (QED) is 0.430. The fourth-order valence-electron chi connectivity index (χ4n) is 1.39. The largest absolute Gasteiger partial charge is 0.379 e. The van der Waals surface area contributed by atoms with Gasteiger partial charge >= 0.3 is 0 Å². The van der Waals surface area contributed by atoms with E-state index in [0.29, 0.717) is 6.54 Å². The Morgan fingerprint density at radius 1 is 1.44 bits per heavy atom. The Kier molecular flexibility index (Phi) is 4.57. The lowest BCUT2D eigenvalue weighted by atomic mass is 10.3. The van der Waals surface area contributed by atoms with E-state index in [1.807, 2.05) is 5.38 Å². The highest BCUT2D eigenvalue weighted by molar-refractivity contribution is 14.1. The van der Waals surface area contributed by atoms with Crippen LogP contribution in [0.3, 0.4) is 0 Å². The summed E-state index contributed by atoms with van der Waals surface area (Å²) in [7, 11) is 0. The number of halogens is 2. The Labute approximate surface area is 130 Å². The van der Waals surface area contributed by atoms with Gasteiger partial charge in [-0.2, -0.15) is 0 Å². The molecule has 94 valence electrons. The predicted octanol–water partition coefficient (Wildman–Crippen LogP) is 4.64. The first kappa shape index (κ1) is 13.8. The van der Waals surface area contributed by atoms with Gasteiger partial charge in [0.25, 0.3) is 5.69 Å². The third-order valence-electron chi connectivity index (χ3n) is 2.24. The van der Waals surface area contributed by atoms with Crippen LogP contribution in [0, 0.1) is 13.7 Å². The molecular formula is C11H8BrIN2O2S. The van der Waals surface area contributed by atoms with Gasteiger partial charge in [-0.3, -0.25) is 10.1 Å². The van der Waals surface area contributed by atoms with Crippen molar-refractivity contribution in [1.29, 1.82) is 0 Å². The number of hydrogen-bond donors (Lipinski definition) is 1. The van der Waals surface area contributed by atoms with Gasteiger partial charge in [-0.15, -0.1) is 11.3 Å². The van der Waals surface area contributed by atoms with Crippen molar-refractivity contribution in [3.8, 4) is 0 Å². The van der Waals surface area contributed by atoms with Crippen LogP contribution in [0.15, 0.2) is 34.1 Å². The van der Waals surface area contributed by atoms with Crippen molar-refractivity contribution in [2.45, 2.75) is 6.54 Å². The van der Waals surface area contributed by atoms with E-state index in [2.05, 4.69) is 49.9 Å². The zero-order chi connectivity index (χ0) is 13.1. The Morgan fingerprint density at radius 3 is 2.78 bits per heavy atom. The molecule has 0 aliphatic carbocycles. The van der Waals surface area contributed by atoms with E-state index in [1.54, 1.807) is 23.5 Å². The molecule has 0 saturated heterocycles. The van der Waals surface area contributed by atoms with E-state index in [-0.39, 0.29) is 10.6 Å². The van der Waals surface area contributed by atoms with E-state index in [4.69, 9.17) is 0 Å². The lowest BCUT2D eigenvalue weighted by Gasteiger charge is -2.06. The zero-order valence-corrected chi connectivity index (χ0v) is 13.6. The standard InChI is InChI=1S/C11H8BrIN2O2S/c12-7-3-9(18-6-7)5-14-11-2-1-8(15(16)17)4-10(11)13/h1-4,6,14H,5H2. The van der Waals surface area contributed by atoms with Crippen LogP contribution in [0.25, 0.3) is 0 Å². The van der Waals surface area contributed by atoms with Gasteiger partial charge in [0.2, 0.25) is 0 Å². The Bertz CT molecular complexity index is 588. The van der Waals surface area contributed by atoms with Gasteiger partial charge in [-0.25, -0.2) is 0 Å². The molecule has 0 unspecified atom stereocenters. The summed E-state index contributed by atoms with van der Waals surface area (Å²) in [6, 6.07) is 6.86. The topological polar surface area (TPSA) is 55.2 Å². The molecule has 0 radical (unpaired) electrons. The minimum atomic E-state index is -0.387. The minimum absolute atomic E-state index is 0.115. The summed E-state index contributed by atoms with van der Waals surface area (Å²) in [5.74, 6) is 0. The van der Waals surface area contributed by atoms with Crippen molar-refractivity contribution in [2.75, 3.05) is 5.32 Å². The average Bonchev–Trinajstić information content (AvgIpc) is 2.73. The normalized spacial score (nSPS) is 10.3. The highest BCUT2D eigenvalue weighted by Gasteiger charge is 2.08. The summed E-state index contributed by atoms with van der Waals surface area (Å²) in [5, 5.41) is 15.9. The number of benzene rings is 1. The number of nitrogens with zero attached hydrogens (tertiary/aromatic N) is 1. The number of nitro groups is 1. The third-order valence-corrected chi connectivity index (χ3v) is 4.83. The Balaban J connectivity index is 2.08. The van der Waals surface area contributed by atoms with Crippen LogP contribution in [-0.2, 0) is 6.54 Å². The molecule has 0 amide bonds. The molecule has 0 atom stereocenters. The second-order valence-electron chi connectivity index (χ2n) is 3.51. The van der Waals surface area contributed by atoms with Crippen LogP contribution in [0.1, 0.15) is 4.88 Å². The lowest BCUT2D eigenvalue weighted by Crippen LogP contribution is -2.00. The summed E-state index contributed by atoms with van der Waals surface area (Å²) in [6.45, 7) is 0.712. The number of anilines is 1. The van der Waals surface area contributed by atoms with Gasteiger partial charge in [-0.1, -0.05) is 0 Å². The third kappa shape index (κ3) is 3.42. The molecule has 2 rings (SSSR count). The Morgan fingerprint density at radius 2 is 2.22 bits per heavy atom. The molecule has 1 N–H and O–H groups in total. The van der Waals surface area contributed by atoms with E-state index in [1.165, 1.54) is 10.9 Å². The maximum atomic E-state index is 10.6. The zero-order valence-electron chi connectivity index (χ0n) is 9.02. The molecule has 1 aromatic carbocycles. The molecule has 7 heteroatoms. The SMILES string of the molecule is O=[N+]([O-])c1ccc(NCc2cc(Br)cs2)c(I)c1. The predicted molar refractivity (Wildman–Crippen MR) is 85.2 cm³/mol. The van der Waals surface area contributed by atoms with Crippen molar-refractivity contribution in [3.05, 3.63) is 52.7 Å². The van der Waals surface area contributed by atoms with E-state index >= 15 is 0 Å². The summed E-state index contributed by atoms with van der Waals surface area (Å²) in [4.78, 5) is 11.4. The van der Waals surface area contributed by atoms with E-state index < -0.39 is 0 Å². The van der Waals surface area contributed by atoms with Crippen molar-refractivity contribution >= 4 is 61.2 Å². The second kappa shape index (κ2) is 5.98. The first-order valence-electron chi connectivity index (χ1n) is 4.97. The Hall–Kier alpha value is -0.670. The highest BCUT2D eigenvalue weighted by Crippen LogP contribution is 2.25. The van der Waals surface area contributed by atoms with Gasteiger partial charge in [0.15, 0.2) is 0 Å². The number of rotatable bonds is 4. The number of nitro benzene ring substituents is 1. The molecule has 4 nitrogen and oxygen atoms in total. The highest BCUT2D eigenvalue weighted by atomic mass is 127. The maximum Gasteiger partial charge on any atom is 0.270 e. The van der Waals surface area contributed by atoms with Crippen molar-refractivity contribution in [2.24, 2.45) is 0 Å². The van der Waals surface area contributed by atoms with Gasteiger partial charge in [0.05, 0.1) is 4.92 Å². The van der Waals surface area contributed by atoms with Crippen LogP contribution >= 0.6 is 49.9 Å². The first-order chi connectivity index (χ1) is 8.56. The van der Waals surface area contributed by atoms with Gasteiger partial charge < -0.3 is 5.32 Å². The van der Waals surface area contributed by atoms with Crippen LogP contribution in [0.4, 0.5) is 11.4 Å². The van der Waals surface area contributed by atoms with Crippen LogP contribution in [0.5, 0.6) is 0 Å². The summed E-state index contributed by atoms with van der Waals surface area (Å²) < 4.78 is 1.92. The smallest absolute Gasteiger partial charge is 0.270 e. The molecule has 0 fully saturated rings. The van der Waals surface area contributed by atoms with Crippen molar-refractivity contribution < 1.29 is 4.92 Å². The molecule has 0 bridgehead atoms. The molecule has 1 aromatic heterocycles. The fraction of sp³-hybridized carbons (Fsp3) is 0.0909. The lowest BCUT2D eigenvalue weighted by molar-refractivity contribution is -0.384. The number of thiophene rings is 1. The molecule has 2 aromatic rings. The van der Waals surface area contributed by atoms with Crippen LogP contribution in [-0.4, -0.2) is 4.92 Å². The first-order valence-corrected chi connectivity index (χ1v) is 7.72. The van der Waals surface area contributed by atoms with E-state index in [0.717, 1.165) is 13.7 Å². The van der Waals surface area contributed by atoms with Gasteiger partial charge in [0.1, 0.15) is 0 Å². The summed E-state index contributed by atoms with van der Waals surface area (Å²) >= 11 is 7.16. The monoisotopic (exact) mass is 438 g/mol. The van der Waals surface area contributed by atoms with Crippen molar-refractivity contribution in [1.82, 2.24) is 0 Å². The number of hydrogen-bond acceptors (Lipinski definition) is 4. The average molecular weight is 439 g/mol. The van der Waals surface area contributed by atoms with Crippen LogP contribution in [0.2, 0.25) is 0 Å². The minimum Gasteiger partial charge on any atom is -0.379 e. The number of nitrogens with one attached hydrogen (secondary N) is 1. The van der Waals surface area contributed by atoms with Gasteiger partial charge in [-0.05, 0) is 50.7 Å². The summed E-state index contributed by atoms with van der Waals surface area (Å²) in [5.41, 5.74) is 1.02.